The fourth-order valence-corrected chi connectivity index (χ4v) is 3.49. The Bertz CT molecular complexity index is 991. The number of hydrogen-bond donors (Lipinski definition) is 1. The van der Waals surface area contributed by atoms with Crippen molar-refractivity contribution >= 4 is 34.4 Å². The summed E-state index contributed by atoms with van der Waals surface area (Å²) in [6.45, 7) is 0. The number of nitrogens with zero attached hydrogens (tertiary/aromatic N) is 2. The number of rotatable bonds is 4. The molecule has 1 aromatic carbocycles. The number of halogens is 5. The number of amidine groups is 1. The van der Waals surface area contributed by atoms with Gasteiger partial charge in [0.1, 0.15) is 17.6 Å². The summed E-state index contributed by atoms with van der Waals surface area (Å²) in [5.74, 6) is -2.08. The number of ether oxygens (including phenoxy) is 1. The number of allylic oxidation sites excluding steroid dienone is 1. The first kappa shape index (κ1) is 21.2. The van der Waals surface area contributed by atoms with E-state index in [1.165, 1.54) is 12.3 Å². The molecule has 0 saturated heterocycles. The number of pyridine rings is 1. The molecule has 0 spiro atoms. The monoisotopic (exact) mass is 519 g/mol. The number of benzene rings is 1. The molecule has 1 N–H and O–H groups in total. The summed E-state index contributed by atoms with van der Waals surface area (Å²) >= 11 is 1.98. The molecular weight excluding hydrogens is 505 g/mol. The topological polar surface area (TPSA) is 63.6 Å². The van der Waals surface area contributed by atoms with Crippen molar-refractivity contribution in [2.24, 2.45) is 4.99 Å². The standard InChI is InChI=1S/C19H14F4IN3O2/c1-29-18(28)14-13(9-24)26-17(12-7-2-3-8-25-12)27-16(14)10-5-4-6-11(15(10)20)19(21,22)23/h2-8,16H,9H2,1H3,(H,26,27). The fourth-order valence-electron chi connectivity index (χ4n) is 2.89. The zero-order chi connectivity index (χ0) is 21.2. The highest BCUT2D eigenvalue weighted by Gasteiger charge is 2.39. The van der Waals surface area contributed by atoms with Crippen LogP contribution < -0.4 is 5.32 Å². The van der Waals surface area contributed by atoms with Crippen LogP contribution in [0.3, 0.4) is 0 Å². The van der Waals surface area contributed by atoms with Gasteiger partial charge in [0, 0.05) is 21.9 Å². The van der Waals surface area contributed by atoms with E-state index < -0.39 is 29.6 Å². The van der Waals surface area contributed by atoms with E-state index in [0.29, 0.717) is 17.5 Å². The number of nitrogens with one attached hydrogen (secondary N) is 1. The Kier molecular flexibility index (Phi) is 6.20. The quantitative estimate of drug-likeness (QED) is 0.285. The van der Waals surface area contributed by atoms with Gasteiger partial charge in [0.15, 0.2) is 5.84 Å². The van der Waals surface area contributed by atoms with Crippen LogP contribution in [-0.2, 0) is 15.7 Å². The molecule has 0 radical (unpaired) electrons. The normalized spacial score (nSPS) is 16.9. The highest BCUT2D eigenvalue weighted by atomic mass is 127. The van der Waals surface area contributed by atoms with E-state index in [4.69, 9.17) is 4.74 Å². The van der Waals surface area contributed by atoms with Gasteiger partial charge in [0.2, 0.25) is 0 Å². The van der Waals surface area contributed by atoms with E-state index in [2.05, 4.69) is 15.3 Å². The molecule has 1 aliphatic heterocycles. The summed E-state index contributed by atoms with van der Waals surface area (Å²) in [5, 5.41) is 2.96. The maximum Gasteiger partial charge on any atom is 0.419 e. The molecule has 2 heterocycles. The molecule has 10 heteroatoms. The van der Waals surface area contributed by atoms with Crippen molar-refractivity contribution in [2.45, 2.75) is 12.2 Å². The third-order valence-corrected chi connectivity index (χ3v) is 4.96. The van der Waals surface area contributed by atoms with Gasteiger partial charge in [0.25, 0.3) is 0 Å². The smallest absolute Gasteiger partial charge is 0.419 e. The summed E-state index contributed by atoms with van der Waals surface area (Å²) in [5.41, 5.74) is -1.10. The molecular formula is C19H14F4IN3O2. The maximum atomic E-state index is 14.9. The SMILES string of the molecule is COC(=O)C1=C(CI)NC(c2ccccn2)=NC1c1cccc(C(F)(F)F)c1F. The van der Waals surface area contributed by atoms with Gasteiger partial charge in [-0.25, -0.2) is 9.18 Å². The molecule has 0 saturated carbocycles. The number of carbonyl (C=O) groups is 1. The van der Waals surface area contributed by atoms with Gasteiger partial charge in [0.05, 0.1) is 18.2 Å². The van der Waals surface area contributed by atoms with Gasteiger partial charge in [-0.3, -0.25) is 9.98 Å². The predicted octanol–water partition coefficient (Wildman–Crippen LogP) is 4.19. The van der Waals surface area contributed by atoms with Crippen LogP contribution >= 0.6 is 22.6 Å². The lowest BCUT2D eigenvalue weighted by Gasteiger charge is -2.27. The average Bonchev–Trinajstić information content (AvgIpc) is 2.72. The van der Waals surface area contributed by atoms with Crippen molar-refractivity contribution in [1.82, 2.24) is 10.3 Å². The van der Waals surface area contributed by atoms with Crippen molar-refractivity contribution < 1.29 is 27.1 Å². The molecule has 1 aliphatic rings. The van der Waals surface area contributed by atoms with Crippen LogP contribution in [0.5, 0.6) is 0 Å². The lowest BCUT2D eigenvalue weighted by Crippen LogP contribution is -2.35. The molecule has 0 aliphatic carbocycles. The fraction of sp³-hybridized carbons (Fsp3) is 0.211. The summed E-state index contributed by atoms with van der Waals surface area (Å²) in [7, 11) is 1.14. The molecule has 5 nitrogen and oxygen atoms in total. The van der Waals surface area contributed by atoms with Crippen LogP contribution in [-0.4, -0.2) is 28.3 Å². The van der Waals surface area contributed by atoms with Gasteiger partial charge in [-0.1, -0.05) is 40.8 Å². The Hall–Kier alpha value is -2.50. The number of hydrogen-bond acceptors (Lipinski definition) is 5. The van der Waals surface area contributed by atoms with Gasteiger partial charge < -0.3 is 10.1 Å². The zero-order valence-electron chi connectivity index (χ0n) is 14.9. The summed E-state index contributed by atoms with van der Waals surface area (Å²) in [4.78, 5) is 20.9. The molecule has 152 valence electrons. The Morgan fingerprint density at radius 2 is 2.00 bits per heavy atom. The Labute approximate surface area is 177 Å². The number of esters is 1. The van der Waals surface area contributed by atoms with Gasteiger partial charge >= 0.3 is 12.1 Å². The predicted molar refractivity (Wildman–Crippen MR) is 106 cm³/mol. The van der Waals surface area contributed by atoms with Crippen LogP contribution in [0.4, 0.5) is 17.6 Å². The van der Waals surface area contributed by atoms with Crippen LogP contribution in [0.15, 0.2) is 58.9 Å². The second kappa shape index (κ2) is 8.47. The second-order valence-electron chi connectivity index (χ2n) is 5.94. The number of aliphatic imine (C=N–C) groups is 1. The van der Waals surface area contributed by atoms with E-state index in [1.807, 2.05) is 22.6 Å². The Morgan fingerprint density at radius 3 is 2.59 bits per heavy atom. The summed E-state index contributed by atoms with van der Waals surface area (Å²) < 4.78 is 59.5. The van der Waals surface area contributed by atoms with Crippen molar-refractivity contribution in [1.29, 1.82) is 0 Å². The minimum Gasteiger partial charge on any atom is -0.466 e. The van der Waals surface area contributed by atoms with E-state index >= 15 is 0 Å². The van der Waals surface area contributed by atoms with Crippen molar-refractivity contribution in [3.05, 3.63) is 76.5 Å². The Balaban J connectivity index is 2.23. The van der Waals surface area contributed by atoms with E-state index in [0.717, 1.165) is 13.2 Å². The van der Waals surface area contributed by atoms with Gasteiger partial charge in [-0.15, -0.1) is 0 Å². The van der Waals surface area contributed by atoms with Crippen molar-refractivity contribution in [3.63, 3.8) is 0 Å². The first-order valence-electron chi connectivity index (χ1n) is 8.27. The first-order chi connectivity index (χ1) is 13.8. The second-order valence-corrected chi connectivity index (χ2v) is 6.71. The minimum atomic E-state index is -4.89. The van der Waals surface area contributed by atoms with Crippen LogP contribution in [0, 0.1) is 5.82 Å². The van der Waals surface area contributed by atoms with Crippen molar-refractivity contribution in [2.75, 3.05) is 11.5 Å². The first-order valence-corrected chi connectivity index (χ1v) is 9.79. The molecule has 29 heavy (non-hydrogen) atoms. The minimum absolute atomic E-state index is 0.0557. The largest absolute Gasteiger partial charge is 0.466 e. The molecule has 0 fully saturated rings. The summed E-state index contributed by atoms with van der Waals surface area (Å²) in [6, 6.07) is 6.60. The summed E-state index contributed by atoms with van der Waals surface area (Å²) in [6.07, 6.45) is -3.37. The third-order valence-electron chi connectivity index (χ3n) is 4.20. The van der Waals surface area contributed by atoms with Crippen LogP contribution in [0.2, 0.25) is 0 Å². The van der Waals surface area contributed by atoms with E-state index in [9.17, 15) is 22.4 Å². The molecule has 2 aromatic rings. The lowest BCUT2D eigenvalue weighted by atomic mass is 9.93. The highest BCUT2D eigenvalue weighted by Crippen LogP contribution is 2.38. The maximum absolute atomic E-state index is 14.9. The van der Waals surface area contributed by atoms with Crippen LogP contribution in [0.1, 0.15) is 22.9 Å². The average molecular weight is 519 g/mol. The molecule has 1 atom stereocenters. The number of methoxy groups -OCH3 is 1. The van der Waals surface area contributed by atoms with Gasteiger partial charge in [-0.05, 0) is 18.2 Å². The lowest BCUT2D eigenvalue weighted by molar-refractivity contribution is -0.140. The third kappa shape index (κ3) is 4.26. The Morgan fingerprint density at radius 1 is 1.24 bits per heavy atom. The number of carbonyl (C=O) groups excluding carboxylic acids is 1. The molecule has 1 unspecified atom stereocenters. The highest BCUT2D eigenvalue weighted by molar-refractivity contribution is 14.1. The number of aromatic nitrogens is 1. The number of alkyl halides is 4. The molecule has 0 bridgehead atoms. The molecule has 1 aromatic heterocycles. The van der Waals surface area contributed by atoms with E-state index in [1.54, 1.807) is 18.2 Å². The van der Waals surface area contributed by atoms with E-state index in [-0.39, 0.29) is 21.4 Å². The van der Waals surface area contributed by atoms with Crippen LogP contribution in [0.25, 0.3) is 0 Å². The zero-order valence-corrected chi connectivity index (χ0v) is 17.1. The molecule has 3 rings (SSSR count). The molecule has 0 amide bonds. The van der Waals surface area contributed by atoms with Gasteiger partial charge in [-0.2, -0.15) is 13.2 Å². The van der Waals surface area contributed by atoms with Crippen molar-refractivity contribution in [3.8, 4) is 0 Å².